The number of aromatic nitrogens is 4. The van der Waals surface area contributed by atoms with Gasteiger partial charge in [-0.1, -0.05) is 24.3 Å². The second kappa shape index (κ2) is 8.02. The van der Waals surface area contributed by atoms with E-state index in [1.807, 2.05) is 52.7 Å². The van der Waals surface area contributed by atoms with Crippen LogP contribution in [0.3, 0.4) is 0 Å². The molecule has 5 rings (SSSR count). The highest BCUT2D eigenvalue weighted by Crippen LogP contribution is 2.27. The molecule has 0 bridgehead atoms. The minimum absolute atomic E-state index is 0.107. The molecule has 1 aromatic carbocycles. The number of morpholine rings is 1. The minimum Gasteiger partial charge on any atom is -0.387 e. The average molecular weight is 423 g/mol. The molecule has 0 spiro atoms. The van der Waals surface area contributed by atoms with Gasteiger partial charge < -0.3 is 14.7 Å². The molecule has 154 valence electrons. The zero-order valence-electron chi connectivity index (χ0n) is 16.1. The maximum Gasteiger partial charge on any atom is 0.263 e. The fraction of sp³-hybridized carbons (Fsp3) is 0.286. The first-order valence-electron chi connectivity index (χ1n) is 9.80. The van der Waals surface area contributed by atoms with Gasteiger partial charge in [0.15, 0.2) is 5.65 Å². The maximum absolute atomic E-state index is 12.7. The Morgan fingerprint density at radius 1 is 1.27 bits per heavy atom. The standard InChI is InChI=1S/C21H21N5O3S/c27-17(18-7-4-10-30-18)11-15-13-29-9-8-25(15)21-23-19-16(20(28)24-21)12-22-26(19)14-5-2-1-3-6-14/h1-7,10,12,15,17,27H,8-9,11,13H2,(H,23,24,28). The lowest BCUT2D eigenvalue weighted by atomic mass is 10.1. The SMILES string of the molecule is O=c1[nH]c(N2CCOCC2CC(O)c2cccs2)nc2c1cnn2-c1ccccc1. The molecule has 2 N–H and O–H groups in total. The molecule has 0 amide bonds. The van der Waals surface area contributed by atoms with Gasteiger partial charge in [0.05, 0.1) is 37.2 Å². The monoisotopic (exact) mass is 423 g/mol. The van der Waals surface area contributed by atoms with Crippen molar-refractivity contribution in [3.8, 4) is 5.69 Å². The minimum atomic E-state index is -0.593. The number of thiophene rings is 1. The summed E-state index contributed by atoms with van der Waals surface area (Å²) < 4.78 is 7.33. The van der Waals surface area contributed by atoms with Crippen LogP contribution in [0, 0.1) is 0 Å². The number of hydrogen-bond donors (Lipinski definition) is 2. The highest BCUT2D eigenvalue weighted by atomic mass is 32.1. The molecule has 1 saturated heterocycles. The summed E-state index contributed by atoms with van der Waals surface area (Å²) in [6.07, 6.45) is 1.43. The summed E-state index contributed by atoms with van der Waals surface area (Å²) in [6.45, 7) is 1.57. The summed E-state index contributed by atoms with van der Waals surface area (Å²) in [6, 6.07) is 13.3. The lowest BCUT2D eigenvalue weighted by Crippen LogP contribution is -2.47. The Hall–Kier alpha value is -3.01. The van der Waals surface area contributed by atoms with E-state index in [1.165, 1.54) is 17.5 Å². The zero-order chi connectivity index (χ0) is 20.5. The summed E-state index contributed by atoms with van der Waals surface area (Å²) in [4.78, 5) is 23.3. The number of ether oxygens (including phenoxy) is 1. The number of aliphatic hydroxyl groups is 1. The van der Waals surface area contributed by atoms with Gasteiger partial charge in [-0.15, -0.1) is 11.3 Å². The van der Waals surface area contributed by atoms with Crippen molar-refractivity contribution >= 4 is 28.3 Å². The van der Waals surface area contributed by atoms with Crippen molar-refractivity contribution in [3.05, 3.63) is 69.3 Å². The Balaban J connectivity index is 1.51. The first-order valence-corrected chi connectivity index (χ1v) is 10.7. The molecule has 30 heavy (non-hydrogen) atoms. The number of nitrogens with zero attached hydrogens (tertiary/aromatic N) is 4. The molecule has 0 radical (unpaired) electrons. The van der Waals surface area contributed by atoms with Crippen LogP contribution in [0.1, 0.15) is 17.4 Å². The van der Waals surface area contributed by atoms with Crippen molar-refractivity contribution in [2.24, 2.45) is 0 Å². The topological polar surface area (TPSA) is 96.3 Å². The molecule has 8 nitrogen and oxygen atoms in total. The number of aromatic amines is 1. The lowest BCUT2D eigenvalue weighted by molar-refractivity contribution is 0.0680. The largest absolute Gasteiger partial charge is 0.387 e. The van der Waals surface area contributed by atoms with Crippen LogP contribution in [0.15, 0.2) is 58.8 Å². The van der Waals surface area contributed by atoms with Crippen LogP contribution < -0.4 is 10.5 Å². The number of benzene rings is 1. The average Bonchev–Trinajstić information content (AvgIpc) is 3.45. The predicted octanol–water partition coefficient (Wildman–Crippen LogP) is 2.50. The number of nitrogens with one attached hydrogen (secondary N) is 1. The van der Waals surface area contributed by atoms with E-state index in [1.54, 1.807) is 4.68 Å². The Kier molecular flexibility index (Phi) is 5.07. The molecular weight excluding hydrogens is 402 g/mol. The zero-order valence-corrected chi connectivity index (χ0v) is 17.0. The van der Waals surface area contributed by atoms with E-state index in [-0.39, 0.29) is 11.6 Å². The molecule has 0 saturated carbocycles. The summed E-state index contributed by atoms with van der Waals surface area (Å²) in [7, 11) is 0. The molecule has 2 atom stereocenters. The van der Waals surface area contributed by atoms with Crippen molar-refractivity contribution in [2.75, 3.05) is 24.7 Å². The Bertz CT molecular complexity index is 1190. The highest BCUT2D eigenvalue weighted by Gasteiger charge is 2.29. The van der Waals surface area contributed by atoms with Crippen molar-refractivity contribution in [3.63, 3.8) is 0 Å². The summed E-state index contributed by atoms with van der Waals surface area (Å²) >= 11 is 1.53. The number of fused-ring (bicyclic) bond motifs is 1. The highest BCUT2D eigenvalue weighted by molar-refractivity contribution is 7.10. The quantitative estimate of drug-likeness (QED) is 0.512. The smallest absolute Gasteiger partial charge is 0.263 e. The number of rotatable bonds is 5. The van der Waals surface area contributed by atoms with Crippen molar-refractivity contribution in [2.45, 2.75) is 18.6 Å². The van der Waals surface area contributed by atoms with Crippen LogP contribution in [0.2, 0.25) is 0 Å². The molecule has 3 aromatic heterocycles. The first kappa shape index (κ1) is 19.0. The van der Waals surface area contributed by atoms with Crippen molar-refractivity contribution in [1.29, 1.82) is 0 Å². The van der Waals surface area contributed by atoms with Gasteiger partial charge in [-0.05, 0) is 23.6 Å². The van der Waals surface area contributed by atoms with Gasteiger partial charge in [0.2, 0.25) is 5.95 Å². The Morgan fingerprint density at radius 2 is 2.13 bits per heavy atom. The molecule has 4 heterocycles. The number of para-hydroxylation sites is 1. The van der Waals surface area contributed by atoms with Gasteiger partial charge >= 0.3 is 0 Å². The van der Waals surface area contributed by atoms with Crippen LogP contribution in [0.25, 0.3) is 16.7 Å². The third-order valence-electron chi connectivity index (χ3n) is 5.29. The lowest BCUT2D eigenvalue weighted by Gasteiger charge is -2.36. The molecule has 1 fully saturated rings. The third kappa shape index (κ3) is 3.51. The van der Waals surface area contributed by atoms with Crippen LogP contribution in [0.4, 0.5) is 5.95 Å². The van der Waals surface area contributed by atoms with Gasteiger partial charge in [0, 0.05) is 17.8 Å². The molecule has 4 aromatic rings. The predicted molar refractivity (Wildman–Crippen MR) is 115 cm³/mol. The van der Waals surface area contributed by atoms with E-state index in [0.29, 0.717) is 43.2 Å². The van der Waals surface area contributed by atoms with Gasteiger partial charge in [-0.2, -0.15) is 10.1 Å². The van der Waals surface area contributed by atoms with Crippen LogP contribution >= 0.6 is 11.3 Å². The summed E-state index contributed by atoms with van der Waals surface area (Å²) in [5.74, 6) is 0.469. The number of H-pyrrole nitrogens is 1. The maximum atomic E-state index is 12.7. The fourth-order valence-electron chi connectivity index (χ4n) is 3.78. The van der Waals surface area contributed by atoms with Gasteiger partial charge in [-0.25, -0.2) is 4.68 Å². The summed E-state index contributed by atoms with van der Waals surface area (Å²) in [5, 5.41) is 17.4. The number of hydrogen-bond acceptors (Lipinski definition) is 7. The van der Waals surface area contributed by atoms with E-state index in [9.17, 15) is 9.90 Å². The third-order valence-corrected chi connectivity index (χ3v) is 6.27. The van der Waals surface area contributed by atoms with E-state index in [0.717, 1.165) is 10.6 Å². The van der Waals surface area contributed by atoms with E-state index in [4.69, 9.17) is 9.72 Å². The second-order valence-corrected chi connectivity index (χ2v) is 8.19. The molecule has 0 aliphatic carbocycles. The van der Waals surface area contributed by atoms with Crippen LogP contribution in [-0.4, -0.2) is 50.7 Å². The first-order chi connectivity index (χ1) is 14.7. The molecule has 2 unspecified atom stereocenters. The van der Waals surface area contributed by atoms with E-state index < -0.39 is 6.10 Å². The molecule has 9 heteroatoms. The fourth-order valence-corrected chi connectivity index (χ4v) is 4.51. The normalized spacial score (nSPS) is 18.0. The van der Waals surface area contributed by atoms with E-state index >= 15 is 0 Å². The van der Waals surface area contributed by atoms with E-state index in [2.05, 4.69) is 10.1 Å². The summed E-state index contributed by atoms with van der Waals surface area (Å²) in [5.41, 5.74) is 1.11. The molecule has 1 aliphatic rings. The molecular formula is C21H21N5O3S. The van der Waals surface area contributed by atoms with Gasteiger partial charge in [0.25, 0.3) is 5.56 Å². The van der Waals surface area contributed by atoms with Crippen LogP contribution in [-0.2, 0) is 4.74 Å². The van der Waals surface area contributed by atoms with Crippen molar-refractivity contribution in [1.82, 2.24) is 19.7 Å². The van der Waals surface area contributed by atoms with Crippen molar-refractivity contribution < 1.29 is 9.84 Å². The number of aliphatic hydroxyl groups excluding tert-OH is 1. The Labute approximate surface area is 176 Å². The van der Waals surface area contributed by atoms with Crippen LogP contribution in [0.5, 0.6) is 0 Å². The second-order valence-electron chi connectivity index (χ2n) is 7.21. The van der Waals surface area contributed by atoms with Gasteiger partial charge in [-0.3, -0.25) is 9.78 Å². The number of anilines is 1. The molecule has 1 aliphatic heterocycles. The van der Waals surface area contributed by atoms with Gasteiger partial charge in [0.1, 0.15) is 5.39 Å². The Morgan fingerprint density at radius 3 is 2.93 bits per heavy atom.